The number of hydrogen-bond donors (Lipinski definition) is 2. The Balaban J connectivity index is 0.00000220. The Labute approximate surface area is 149 Å². The van der Waals surface area contributed by atoms with Crippen molar-refractivity contribution in [2.45, 2.75) is 26.8 Å². The van der Waals surface area contributed by atoms with Crippen LogP contribution in [0.4, 0.5) is 4.39 Å². The molecule has 1 aliphatic heterocycles. The summed E-state index contributed by atoms with van der Waals surface area (Å²) >= 11 is 5.93. The molecule has 3 nitrogen and oxygen atoms in total. The summed E-state index contributed by atoms with van der Waals surface area (Å²) in [5, 5.41) is 13.6. The predicted molar refractivity (Wildman–Crippen MR) is 94.2 cm³/mol. The molecule has 0 radical (unpaired) electrons. The number of nitrogens with one attached hydrogen (secondary N) is 1. The van der Waals surface area contributed by atoms with Gasteiger partial charge in [-0.2, -0.15) is 0 Å². The van der Waals surface area contributed by atoms with E-state index in [9.17, 15) is 9.50 Å². The normalized spacial score (nSPS) is 17.3. The SMILES string of the molecule is CC(C)(C)[C@@H](c1cc(F)cc(Cl)c1O)N1CCNCC1.Cl.Cl. The first-order valence-electron chi connectivity index (χ1n) is 6.93. The lowest BCUT2D eigenvalue weighted by Crippen LogP contribution is -2.48. The monoisotopic (exact) mass is 372 g/mol. The van der Waals surface area contributed by atoms with Gasteiger partial charge in [0.1, 0.15) is 11.6 Å². The Morgan fingerprint density at radius 2 is 1.77 bits per heavy atom. The van der Waals surface area contributed by atoms with E-state index in [-0.39, 0.29) is 47.0 Å². The third-order valence-electron chi connectivity index (χ3n) is 3.69. The van der Waals surface area contributed by atoms with Gasteiger partial charge in [0, 0.05) is 37.8 Å². The molecule has 2 N–H and O–H groups in total. The molecule has 2 rings (SSSR count). The summed E-state index contributed by atoms with van der Waals surface area (Å²) in [6.07, 6.45) is 0. The van der Waals surface area contributed by atoms with Crippen LogP contribution in [0.2, 0.25) is 5.02 Å². The van der Waals surface area contributed by atoms with Crippen molar-refractivity contribution in [3.05, 3.63) is 28.5 Å². The molecular formula is C15H24Cl3FN2O. The minimum absolute atomic E-state index is 0. The van der Waals surface area contributed by atoms with E-state index in [2.05, 4.69) is 31.0 Å². The number of benzene rings is 1. The highest BCUT2D eigenvalue weighted by atomic mass is 35.5. The Morgan fingerprint density at radius 1 is 1.23 bits per heavy atom. The quantitative estimate of drug-likeness (QED) is 0.822. The Bertz CT molecular complexity index is 488. The molecule has 1 saturated heterocycles. The van der Waals surface area contributed by atoms with E-state index in [0.717, 1.165) is 32.2 Å². The molecule has 0 saturated carbocycles. The first-order valence-corrected chi connectivity index (χ1v) is 7.31. The van der Waals surface area contributed by atoms with Gasteiger partial charge in [-0.05, 0) is 17.5 Å². The van der Waals surface area contributed by atoms with Crippen molar-refractivity contribution < 1.29 is 9.50 Å². The average molecular weight is 374 g/mol. The Kier molecular flexibility index (Phi) is 8.45. The molecule has 0 aliphatic carbocycles. The predicted octanol–water partition coefficient (Wildman–Crippen LogP) is 4.02. The lowest BCUT2D eigenvalue weighted by atomic mass is 9.80. The first kappa shape index (κ1) is 21.7. The smallest absolute Gasteiger partial charge is 0.139 e. The molecule has 22 heavy (non-hydrogen) atoms. The van der Waals surface area contributed by atoms with Crippen molar-refractivity contribution >= 4 is 36.4 Å². The summed E-state index contributed by atoms with van der Waals surface area (Å²) in [6, 6.07) is 2.48. The zero-order valence-electron chi connectivity index (χ0n) is 13.0. The van der Waals surface area contributed by atoms with E-state index < -0.39 is 5.82 Å². The summed E-state index contributed by atoms with van der Waals surface area (Å²) in [4.78, 5) is 2.28. The van der Waals surface area contributed by atoms with Gasteiger partial charge in [0.15, 0.2) is 0 Å². The lowest BCUT2D eigenvalue weighted by molar-refractivity contribution is 0.0840. The highest BCUT2D eigenvalue weighted by molar-refractivity contribution is 6.32. The van der Waals surface area contributed by atoms with Crippen molar-refractivity contribution in [1.29, 1.82) is 0 Å². The molecule has 1 aromatic rings. The van der Waals surface area contributed by atoms with Crippen LogP contribution in [-0.2, 0) is 0 Å². The molecule has 0 aromatic heterocycles. The molecule has 1 aliphatic rings. The van der Waals surface area contributed by atoms with Gasteiger partial charge in [-0.15, -0.1) is 24.8 Å². The summed E-state index contributed by atoms with van der Waals surface area (Å²) < 4.78 is 13.7. The second-order valence-electron chi connectivity index (χ2n) is 6.38. The number of piperazine rings is 1. The number of hydrogen-bond acceptors (Lipinski definition) is 3. The molecule has 1 aromatic carbocycles. The summed E-state index contributed by atoms with van der Waals surface area (Å²) in [5.41, 5.74) is 0.441. The van der Waals surface area contributed by atoms with Crippen LogP contribution in [0.1, 0.15) is 32.4 Å². The molecule has 0 spiro atoms. The average Bonchev–Trinajstić information content (AvgIpc) is 2.35. The van der Waals surface area contributed by atoms with Crippen LogP contribution in [0.25, 0.3) is 0 Å². The van der Waals surface area contributed by atoms with Crippen LogP contribution in [0.5, 0.6) is 5.75 Å². The fourth-order valence-electron chi connectivity index (χ4n) is 2.95. The summed E-state index contributed by atoms with van der Waals surface area (Å²) in [6.45, 7) is 9.83. The van der Waals surface area contributed by atoms with Crippen molar-refractivity contribution in [2.24, 2.45) is 5.41 Å². The van der Waals surface area contributed by atoms with E-state index in [0.29, 0.717) is 5.56 Å². The topological polar surface area (TPSA) is 35.5 Å². The highest BCUT2D eigenvalue weighted by Crippen LogP contribution is 2.44. The van der Waals surface area contributed by atoms with Crippen LogP contribution in [0, 0.1) is 11.2 Å². The van der Waals surface area contributed by atoms with Gasteiger partial charge in [-0.1, -0.05) is 32.4 Å². The maximum Gasteiger partial charge on any atom is 0.139 e. The van der Waals surface area contributed by atoms with Gasteiger partial charge in [-0.3, -0.25) is 4.90 Å². The van der Waals surface area contributed by atoms with Gasteiger partial charge < -0.3 is 10.4 Å². The second kappa shape index (κ2) is 8.55. The van der Waals surface area contributed by atoms with E-state index in [4.69, 9.17) is 11.6 Å². The number of rotatable bonds is 2. The molecule has 0 unspecified atom stereocenters. The zero-order valence-corrected chi connectivity index (χ0v) is 15.4. The number of nitrogens with zero attached hydrogens (tertiary/aromatic N) is 1. The molecule has 7 heteroatoms. The number of phenols is 1. The molecule has 1 fully saturated rings. The van der Waals surface area contributed by atoms with E-state index in [1.807, 2.05) is 0 Å². The number of aromatic hydroxyl groups is 1. The van der Waals surface area contributed by atoms with Gasteiger partial charge in [0.05, 0.1) is 5.02 Å². The van der Waals surface area contributed by atoms with E-state index >= 15 is 0 Å². The standard InChI is InChI=1S/C15H22ClFN2O.2ClH/c1-15(2,3)14(19-6-4-18-5-7-19)11-8-10(17)9-12(16)13(11)20;;/h8-9,14,18,20H,4-7H2,1-3H3;2*1H/t14-;;/m1../s1. The van der Waals surface area contributed by atoms with Crippen LogP contribution >= 0.6 is 36.4 Å². The van der Waals surface area contributed by atoms with Crippen molar-refractivity contribution in [2.75, 3.05) is 26.2 Å². The number of halogens is 4. The first-order chi connectivity index (χ1) is 9.30. The molecule has 1 atom stereocenters. The molecule has 0 bridgehead atoms. The fourth-order valence-corrected chi connectivity index (χ4v) is 3.16. The van der Waals surface area contributed by atoms with Crippen LogP contribution in [-0.4, -0.2) is 36.2 Å². The van der Waals surface area contributed by atoms with Gasteiger partial charge >= 0.3 is 0 Å². The maximum atomic E-state index is 13.7. The van der Waals surface area contributed by atoms with Crippen LogP contribution in [0.3, 0.4) is 0 Å². The molecule has 1 heterocycles. The third-order valence-corrected chi connectivity index (χ3v) is 3.98. The summed E-state index contributed by atoms with van der Waals surface area (Å²) in [5.74, 6) is -0.418. The number of phenolic OH excluding ortho intramolecular Hbond substituents is 1. The summed E-state index contributed by atoms with van der Waals surface area (Å²) in [7, 11) is 0. The zero-order chi connectivity index (χ0) is 14.9. The van der Waals surface area contributed by atoms with Crippen LogP contribution < -0.4 is 5.32 Å². The van der Waals surface area contributed by atoms with E-state index in [1.165, 1.54) is 6.07 Å². The minimum atomic E-state index is -0.410. The molecular weight excluding hydrogens is 350 g/mol. The van der Waals surface area contributed by atoms with Crippen molar-refractivity contribution in [3.8, 4) is 5.75 Å². The maximum absolute atomic E-state index is 13.7. The van der Waals surface area contributed by atoms with Gasteiger partial charge in [-0.25, -0.2) is 4.39 Å². The second-order valence-corrected chi connectivity index (χ2v) is 6.79. The van der Waals surface area contributed by atoms with Gasteiger partial charge in [0.2, 0.25) is 0 Å². The highest BCUT2D eigenvalue weighted by Gasteiger charge is 2.35. The van der Waals surface area contributed by atoms with E-state index in [1.54, 1.807) is 0 Å². The lowest BCUT2D eigenvalue weighted by Gasteiger charge is -2.42. The molecule has 0 amide bonds. The fraction of sp³-hybridized carbons (Fsp3) is 0.600. The van der Waals surface area contributed by atoms with Crippen molar-refractivity contribution in [1.82, 2.24) is 10.2 Å². The Morgan fingerprint density at radius 3 is 2.27 bits per heavy atom. The van der Waals surface area contributed by atoms with Crippen molar-refractivity contribution in [3.63, 3.8) is 0 Å². The van der Waals surface area contributed by atoms with Crippen LogP contribution in [0.15, 0.2) is 12.1 Å². The third kappa shape index (κ3) is 4.87. The Hall–Kier alpha value is -0.260. The van der Waals surface area contributed by atoms with Gasteiger partial charge in [0.25, 0.3) is 0 Å². The minimum Gasteiger partial charge on any atom is -0.506 e. The molecule has 128 valence electrons. The largest absolute Gasteiger partial charge is 0.506 e.